The smallest absolute Gasteiger partial charge is 0.407 e. The fraction of sp³-hybridized carbons (Fsp3) is 0.300. The highest BCUT2D eigenvalue weighted by Crippen LogP contribution is 2.30. The molecule has 0 fully saturated rings. The number of nitro groups is 1. The van der Waals surface area contributed by atoms with Crippen LogP contribution in [0.4, 0.5) is 18.9 Å². The molecule has 1 unspecified atom stereocenters. The van der Waals surface area contributed by atoms with E-state index in [1.807, 2.05) is 0 Å². The van der Waals surface area contributed by atoms with Crippen molar-refractivity contribution in [2.24, 2.45) is 0 Å². The fourth-order valence-corrected chi connectivity index (χ4v) is 3.16. The van der Waals surface area contributed by atoms with E-state index in [2.05, 4.69) is 5.32 Å². The summed E-state index contributed by atoms with van der Waals surface area (Å²) in [7, 11) is 0. The van der Waals surface area contributed by atoms with E-state index in [0.717, 1.165) is 18.2 Å². The summed E-state index contributed by atoms with van der Waals surface area (Å²) in [5.74, 6) is -1.09. The van der Waals surface area contributed by atoms with E-state index >= 15 is 0 Å². The average Bonchev–Trinajstić information content (AvgIpc) is 3.01. The second-order valence-electron chi connectivity index (χ2n) is 6.94. The Hall–Kier alpha value is -3.63. The van der Waals surface area contributed by atoms with Crippen LogP contribution >= 0.6 is 0 Å². The number of nitro benzene ring substituents is 1. The summed E-state index contributed by atoms with van der Waals surface area (Å²) >= 11 is 0. The molecule has 3 rings (SSSR count). The van der Waals surface area contributed by atoms with Crippen molar-refractivity contribution in [3.05, 3.63) is 74.3 Å². The van der Waals surface area contributed by atoms with Crippen LogP contribution in [0, 0.1) is 10.1 Å². The molecule has 1 N–H and O–H groups in total. The number of alkyl halides is 3. The monoisotopic (exact) mass is 437 g/mol. The van der Waals surface area contributed by atoms with Gasteiger partial charge in [-0.2, -0.15) is 13.2 Å². The number of benzene rings is 2. The SMILES string of the molecule is CC(NC(=O)CCCn1c(=O)oc2cc([N+](=O)[O-])ccc21)c1cccc(C(F)(F)F)c1. The summed E-state index contributed by atoms with van der Waals surface area (Å²) in [5.41, 5.74) is -0.245. The lowest BCUT2D eigenvalue weighted by Crippen LogP contribution is -2.27. The van der Waals surface area contributed by atoms with Crippen LogP contribution in [0.3, 0.4) is 0 Å². The highest BCUT2D eigenvalue weighted by atomic mass is 19.4. The number of non-ortho nitro benzene ring substituents is 1. The molecule has 0 saturated carbocycles. The Morgan fingerprint density at radius 2 is 2.00 bits per heavy atom. The van der Waals surface area contributed by atoms with Crippen molar-refractivity contribution in [3.63, 3.8) is 0 Å². The highest BCUT2D eigenvalue weighted by molar-refractivity contribution is 5.77. The van der Waals surface area contributed by atoms with Gasteiger partial charge >= 0.3 is 11.9 Å². The molecule has 3 aromatic rings. The molecule has 1 atom stereocenters. The zero-order valence-corrected chi connectivity index (χ0v) is 16.3. The van der Waals surface area contributed by atoms with Gasteiger partial charge in [0.15, 0.2) is 5.58 Å². The van der Waals surface area contributed by atoms with Crippen molar-refractivity contribution in [2.45, 2.75) is 38.5 Å². The molecule has 2 aromatic carbocycles. The number of carbonyl (C=O) groups excluding carboxylic acids is 1. The zero-order valence-electron chi connectivity index (χ0n) is 16.3. The van der Waals surface area contributed by atoms with Gasteiger partial charge in [0.2, 0.25) is 5.91 Å². The Kier molecular flexibility index (Phi) is 6.14. The van der Waals surface area contributed by atoms with Gasteiger partial charge in [0.25, 0.3) is 5.69 Å². The number of aryl methyl sites for hydroxylation is 1. The van der Waals surface area contributed by atoms with E-state index in [0.29, 0.717) is 11.1 Å². The number of hydrogen-bond donors (Lipinski definition) is 1. The quantitative estimate of drug-likeness (QED) is 0.441. The van der Waals surface area contributed by atoms with Crippen molar-refractivity contribution in [1.82, 2.24) is 9.88 Å². The first-order valence-corrected chi connectivity index (χ1v) is 9.30. The third kappa shape index (κ3) is 5.11. The van der Waals surface area contributed by atoms with Crippen LogP contribution in [-0.4, -0.2) is 15.4 Å². The van der Waals surface area contributed by atoms with E-state index in [-0.39, 0.29) is 36.6 Å². The Morgan fingerprint density at radius 3 is 2.68 bits per heavy atom. The first-order valence-electron chi connectivity index (χ1n) is 9.30. The van der Waals surface area contributed by atoms with Gasteiger partial charge < -0.3 is 9.73 Å². The standard InChI is InChI=1S/C20H18F3N3O5/c1-12(13-4-2-5-14(10-13)20(21,22)23)24-18(27)6-3-9-25-16-8-7-15(26(29)30)11-17(16)31-19(25)28/h2,4-5,7-8,10-12H,3,6,9H2,1H3,(H,24,27). The maximum Gasteiger partial charge on any atom is 0.419 e. The number of nitrogens with zero attached hydrogens (tertiary/aromatic N) is 2. The first-order chi connectivity index (χ1) is 14.6. The summed E-state index contributed by atoms with van der Waals surface area (Å²) in [6, 6.07) is 7.88. The lowest BCUT2D eigenvalue weighted by atomic mass is 10.0. The molecule has 1 heterocycles. The van der Waals surface area contributed by atoms with E-state index in [1.54, 1.807) is 6.92 Å². The number of carbonyl (C=O) groups is 1. The third-order valence-corrected chi connectivity index (χ3v) is 4.74. The molecule has 0 aliphatic carbocycles. The van der Waals surface area contributed by atoms with Crippen LogP contribution in [0.25, 0.3) is 11.1 Å². The molecule has 11 heteroatoms. The minimum atomic E-state index is -4.47. The van der Waals surface area contributed by atoms with Crippen molar-refractivity contribution in [1.29, 1.82) is 0 Å². The Bertz CT molecular complexity index is 1180. The van der Waals surface area contributed by atoms with Crippen LogP contribution in [0.5, 0.6) is 0 Å². The normalized spacial score (nSPS) is 12.6. The van der Waals surface area contributed by atoms with Crippen LogP contribution in [0.15, 0.2) is 51.7 Å². The average molecular weight is 437 g/mol. The number of fused-ring (bicyclic) bond motifs is 1. The number of amides is 1. The Balaban J connectivity index is 1.60. The topological polar surface area (TPSA) is 107 Å². The van der Waals surface area contributed by atoms with Crippen molar-refractivity contribution in [3.8, 4) is 0 Å². The number of hydrogen-bond acceptors (Lipinski definition) is 5. The van der Waals surface area contributed by atoms with Crippen molar-refractivity contribution < 1.29 is 27.3 Å². The third-order valence-electron chi connectivity index (χ3n) is 4.74. The molecule has 1 aromatic heterocycles. The van der Waals surface area contributed by atoms with E-state index < -0.39 is 28.5 Å². The molecule has 31 heavy (non-hydrogen) atoms. The molecular formula is C20H18F3N3O5. The molecule has 0 aliphatic heterocycles. The molecular weight excluding hydrogens is 419 g/mol. The largest absolute Gasteiger partial charge is 0.419 e. The molecule has 0 bridgehead atoms. The van der Waals surface area contributed by atoms with Crippen molar-refractivity contribution >= 4 is 22.7 Å². The first kappa shape index (κ1) is 22.1. The highest BCUT2D eigenvalue weighted by Gasteiger charge is 2.30. The Labute approximate surface area is 173 Å². The molecule has 0 radical (unpaired) electrons. The van der Waals surface area contributed by atoms with Gasteiger partial charge in [0.1, 0.15) is 0 Å². The fourth-order valence-electron chi connectivity index (χ4n) is 3.16. The maximum absolute atomic E-state index is 12.8. The lowest BCUT2D eigenvalue weighted by molar-refractivity contribution is -0.384. The number of nitrogens with one attached hydrogen (secondary N) is 1. The van der Waals surface area contributed by atoms with Crippen LogP contribution in [0.2, 0.25) is 0 Å². The Morgan fingerprint density at radius 1 is 1.26 bits per heavy atom. The second kappa shape index (κ2) is 8.62. The molecule has 1 amide bonds. The predicted octanol–water partition coefficient (Wildman–Crippen LogP) is 4.18. The van der Waals surface area contributed by atoms with E-state index in [9.17, 15) is 32.9 Å². The minimum Gasteiger partial charge on any atom is -0.407 e. The van der Waals surface area contributed by atoms with Gasteiger partial charge in [0.05, 0.1) is 28.1 Å². The summed E-state index contributed by atoms with van der Waals surface area (Å²) in [6.45, 7) is 1.71. The molecule has 164 valence electrons. The van der Waals surface area contributed by atoms with Gasteiger partial charge in [0, 0.05) is 19.0 Å². The van der Waals surface area contributed by atoms with Crippen LogP contribution in [0.1, 0.15) is 36.9 Å². The van der Waals surface area contributed by atoms with E-state index in [4.69, 9.17) is 4.42 Å². The minimum absolute atomic E-state index is 0.0232. The molecule has 0 spiro atoms. The zero-order chi connectivity index (χ0) is 22.8. The lowest BCUT2D eigenvalue weighted by Gasteiger charge is -2.16. The number of oxazole rings is 1. The molecule has 8 nitrogen and oxygen atoms in total. The number of aromatic nitrogens is 1. The molecule has 0 saturated heterocycles. The van der Waals surface area contributed by atoms with Gasteiger partial charge in [-0.3, -0.25) is 19.5 Å². The number of halogens is 3. The van der Waals surface area contributed by atoms with Crippen LogP contribution in [-0.2, 0) is 17.5 Å². The van der Waals surface area contributed by atoms with Gasteiger partial charge in [-0.05, 0) is 37.1 Å². The van der Waals surface area contributed by atoms with Gasteiger partial charge in [-0.1, -0.05) is 12.1 Å². The maximum atomic E-state index is 12.8. The van der Waals surface area contributed by atoms with Crippen LogP contribution < -0.4 is 11.1 Å². The number of rotatable bonds is 7. The predicted molar refractivity (Wildman–Crippen MR) is 104 cm³/mol. The molecule has 0 aliphatic rings. The second-order valence-corrected chi connectivity index (χ2v) is 6.94. The van der Waals surface area contributed by atoms with Crippen molar-refractivity contribution in [2.75, 3.05) is 0 Å². The summed E-state index contributed by atoms with van der Waals surface area (Å²) in [6.07, 6.45) is -4.19. The summed E-state index contributed by atoms with van der Waals surface area (Å²) in [5, 5.41) is 13.5. The van der Waals surface area contributed by atoms with Gasteiger partial charge in [-0.25, -0.2) is 4.79 Å². The summed E-state index contributed by atoms with van der Waals surface area (Å²) in [4.78, 5) is 34.4. The van der Waals surface area contributed by atoms with E-state index in [1.165, 1.54) is 28.8 Å². The summed E-state index contributed by atoms with van der Waals surface area (Å²) < 4.78 is 44.8. The van der Waals surface area contributed by atoms with Gasteiger partial charge in [-0.15, -0.1) is 0 Å².